The van der Waals surface area contributed by atoms with Gasteiger partial charge >= 0.3 is 5.97 Å². The molecule has 35 heavy (non-hydrogen) atoms. The standard InChI is InChI=1S/C24H27ClN4O4S2/c1-4-32-23(31)20-15-9-5-8-12-18(15)35-22(20)26-19(30)13-34-24-28-27-21(29(24)3)14(2)33-17-11-7-6-10-16(17)25/h6-7,10-11,14H,4-5,8-9,12-13H2,1-3H3,(H,26,30). The number of thioether (sulfide) groups is 1. The van der Waals surface area contributed by atoms with Crippen LogP contribution in [-0.4, -0.2) is 39.0 Å². The fourth-order valence-corrected chi connectivity index (χ4v) is 6.15. The summed E-state index contributed by atoms with van der Waals surface area (Å²) in [4.78, 5) is 26.6. The Bertz CT molecular complexity index is 1230. The number of esters is 1. The van der Waals surface area contributed by atoms with E-state index in [2.05, 4.69) is 15.5 Å². The molecule has 0 aliphatic heterocycles. The number of rotatable bonds is 9. The van der Waals surface area contributed by atoms with Crippen molar-refractivity contribution in [3.05, 3.63) is 51.1 Å². The topological polar surface area (TPSA) is 95.3 Å². The van der Waals surface area contributed by atoms with Crippen LogP contribution in [0.2, 0.25) is 5.02 Å². The van der Waals surface area contributed by atoms with Crippen molar-refractivity contribution in [1.29, 1.82) is 0 Å². The van der Waals surface area contributed by atoms with Crippen molar-refractivity contribution in [3.63, 3.8) is 0 Å². The molecular weight excluding hydrogens is 508 g/mol. The third-order valence-electron chi connectivity index (χ3n) is 5.61. The Morgan fingerprint density at radius 3 is 2.80 bits per heavy atom. The van der Waals surface area contributed by atoms with Crippen molar-refractivity contribution >= 4 is 51.6 Å². The molecule has 1 N–H and O–H groups in total. The number of hydrogen-bond donors (Lipinski definition) is 1. The Hall–Kier alpha value is -2.56. The van der Waals surface area contributed by atoms with Crippen LogP contribution in [0.4, 0.5) is 5.00 Å². The molecule has 0 bridgehead atoms. The van der Waals surface area contributed by atoms with Gasteiger partial charge in [-0.2, -0.15) is 0 Å². The average molecular weight is 535 g/mol. The quantitative estimate of drug-likeness (QED) is 0.288. The maximum atomic E-state index is 12.8. The van der Waals surface area contributed by atoms with E-state index in [4.69, 9.17) is 21.1 Å². The van der Waals surface area contributed by atoms with Crippen LogP contribution in [0.1, 0.15) is 59.4 Å². The number of amides is 1. The molecule has 1 aliphatic rings. The summed E-state index contributed by atoms with van der Waals surface area (Å²) < 4.78 is 13.0. The van der Waals surface area contributed by atoms with Gasteiger partial charge in [0.2, 0.25) is 5.91 Å². The van der Waals surface area contributed by atoms with E-state index in [1.165, 1.54) is 23.1 Å². The van der Waals surface area contributed by atoms with E-state index in [0.717, 1.165) is 36.1 Å². The molecule has 0 saturated carbocycles. The number of para-hydroxylation sites is 1. The van der Waals surface area contributed by atoms with E-state index >= 15 is 0 Å². The Balaban J connectivity index is 1.41. The van der Waals surface area contributed by atoms with Crippen molar-refractivity contribution in [3.8, 4) is 5.75 Å². The van der Waals surface area contributed by atoms with E-state index in [1.807, 2.05) is 26.1 Å². The smallest absolute Gasteiger partial charge is 0.341 e. The average Bonchev–Trinajstić information content (AvgIpc) is 3.39. The number of nitrogens with one attached hydrogen (secondary N) is 1. The number of aromatic nitrogens is 3. The molecule has 11 heteroatoms. The van der Waals surface area contributed by atoms with Gasteiger partial charge in [0.15, 0.2) is 17.1 Å². The molecule has 3 aromatic rings. The fraction of sp³-hybridized carbons (Fsp3) is 0.417. The lowest BCUT2D eigenvalue weighted by Crippen LogP contribution is -2.17. The van der Waals surface area contributed by atoms with Crippen molar-refractivity contribution in [2.75, 3.05) is 17.7 Å². The highest BCUT2D eigenvalue weighted by Gasteiger charge is 2.27. The maximum absolute atomic E-state index is 12.8. The van der Waals surface area contributed by atoms with Gasteiger partial charge in [0, 0.05) is 11.9 Å². The van der Waals surface area contributed by atoms with E-state index in [9.17, 15) is 9.59 Å². The molecular formula is C24H27ClN4O4S2. The summed E-state index contributed by atoms with van der Waals surface area (Å²) in [5.74, 6) is 0.707. The van der Waals surface area contributed by atoms with Gasteiger partial charge in [0.1, 0.15) is 10.8 Å². The fourth-order valence-electron chi connectivity index (χ4n) is 3.96. The van der Waals surface area contributed by atoms with Crippen LogP contribution in [0.25, 0.3) is 0 Å². The largest absolute Gasteiger partial charge is 0.481 e. The summed E-state index contributed by atoms with van der Waals surface area (Å²) in [6.45, 7) is 3.94. The van der Waals surface area contributed by atoms with Crippen LogP contribution in [0.15, 0.2) is 29.4 Å². The molecule has 0 radical (unpaired) electrons. The third kappa shape index (κ3) is 5.82. The molecule has 1 amide bonds. The van der Waals surface area contributed by atoms with Crippen molar-refractivity contribution in [1.82, 2.24) is 14.8 Å². The summed E-state index contributed by atoms with van der Waals surface area (Å²) in [6.07, 6.45) is 3.49. The summed E-state index contributed by atoms with van der Waals surface area (Å²) >= 11 is 8.93. The molecule has 0 saturated heterocycles. The third-order valence-corrected chi connectivity index (χ3v) is 8.15. The normalized spacial score (nSPS) is 13.7. The van der Waals surface area contributed by atoms with Crippen LogP contribution in [0, 0.1) is 0 Å². The first kappa shape index (κ1) is 25.5. The van der Waals surface area contributed by atoms with E-state index in [-0.39, 0.29) is 23.7 Å². The molecule has 186 valence electrons. The van der Waals surface area contributed by atoms with Crippen molar-refractivity contribution in [2.24, 2.45) is 7.05 Å². The zero-order valence-electron chi connectivity index (χ0n) is 19.8. The van der Waals surface area contributed by atoms with E-state index in [1.54, 1.807) is 23.6 Å². The number of benzene rings is 1. The monoisotopic (exact) mass is 534 g/mol. The van der Waals surface area contributed by atoms with Gasteiger partial charge in [0.25, 0.3) is 0 Å². The Kier molecular flexibility index (Phi) is 8.35. The number of halogens is 1. The number of anilines is 1. The maximum Gasteiger partial charge on any atom is 0.341 e. The number of carbonyl (C=O) groups excluding carboxylic acids is 2. The number of hydrogen-bond acceptors (Lipinski definition) is 8. The van der Waals surface area contributed by atoms with Crippen LogP contribution >= 0.6 is 34.7 Å². The lowest BCUT2D eigenvalue weighted by molar-refractivity contribution is -0.113. The van der Waals surface area contributed by atoms with Crippen LogP contribution in [0.3, 0.4) is 0 Å². The summed E-state index contributed by atoms with van der Waals surface area (Å²) in [7, 11) is 1.83. The zero-order chi connectivity index (χ0) is 24.9. The molecule has 0 spiro atoms. The van der Waals surface area contributed by atoms with Gasteiger partial charge in [0.05, 0.1) is 22.9 Å². The Morgan fingerprint density at radius 1 is 1.26 bits per heavy atom. The minimum Gasteiger partial charge on any atom is -0.481 e. The van der Waals surface area contributed by atoms with Gasteiger partial charge in [-0.15, -0.1) is 21.5 Å². The van der Waals surface area contributed by atoms with Crippen LogP contribution in [0.5, 0.6) is 5.75 Å². The molecule has 4 rings (SSSR count). The number of fused-ring (bicyclic) bond motifs is 1. The molecule has 8 nitrogen and oxygen atoms in total. The number of carbonyl (C=O) groups is 2. The highest BCUT2D eigenvalue weighted by molar-refractivity contribution is 7.99. The Morgan fingerprint density at radius 2 is 2.03 bits per heavy atom. The predicted octanol–water partition coefficient (Wildman–Crippen LogP) is 5.46. The summed E-state index contributed by atoms with van der Waals surface area (Å²) in [6, 6.07) is 7.24. The summed E-state index contributed by atoms with van der Waals surface area (Å²) in [5.41, 5.74) is 1.53. The van der Waals surface area contributed by atoms with Gasteiger partial charge in [-0.1, -0.05) is 35.5 Å². The second kappa shape index (κ2) is 11.5. The lowest BCUT2D eigenvalue weighted by atomic mass is 9.95. The molecule has 0 fully saturated rings. The zero-order valence-corrected chi connectivity index (χ0v) is 22.2. The molecule has 1 atom stereocenters. The second-order valence-electron chi connectivity index (χ2n) is 8.06. The van der Waals surface area contributed by atoms with Gasteiger partial charge in [-0.3, -0.25) is 4.79 Å². The predicted molar refractivity (Wildman–Crippen MR) is 138 cm³/mol. The highest BCUT2D eigenvalue weighted by Crippen LogP contribution is 2.39. The first-order valence-corrected chi connectivity index (χ1v) is 13.6. The molecule has 1 unspecified atom stereocenters. The van der Waals surface area contributed by atoms with Crippen molar-refractivity contribution < 1.29 is 19.1 Å². The molecule has 1 aliphatic carbocycles. The van der Waals surface area contributed by atoms with Gasteiger partial charge in [-0.05, 0) is 57.2 Å². The lowest BCUT2D eigenvalue weighted by Gasteiger charge is -2.15. The molecule has 1 aromatic carbocycles. The molecule has 2 heterocycles. The number of thiophene rings is 1. The van der Waals surface area contributed by atoms with Crippen LogP contribution < -0.4 is 10.1 Å². The van der Waals surface area contributed by atoms with Gasteiger partial charge in [-0.25, -0.2) is 4.79 Å². The number of nitrogens with zero attached hydrogens (tertiary/aromatic N) is 3. The Labute approximate surface area is 217 Å². The second-order valence-corrected chi connectivity index (χ2v) is 10.5. The van der Waals surface area contributed by atoms with Crippen molar-refractivity contribution in [2.45, 2.75) is 50.8 Å². The minimum atomic E-state index is -0.389. The SMILES string of the molecule is CCOC(=O)c1c(NC(=O)CSc2nnc(C(C)Oc3ccccc3Cl)n2C)sc2c1CCCC2. The number of aryl methyl sites for hydroxylation is 1. The minimum absolute atomic E-state index is 0.122. The van der Waals surface area contributed by atoms with Crippen LogP contribution in [-0.2, 0) is 29.4 Å². The molecule has 2 aromatic heterocycles. The summed E-state index contributed by atoms with van der Waals surface area (Å²) in [5, 5.41) is 13.1. The van der Waals surface area contributed by atoms with E-state index in [0.29, 0.717) is 38.9 Å². The highest BCUT2D eigenvalue weighted by atomic mass is 35.5. The first-order valence-electron chi connectivity index (χ1n) is 11.4. The number of ether oxygens (including phenoxy) is 2. The first-order chi connectivity index (χ1) is 16.9. The van der Waals surface area contributed by atoms with Gasteiger partial charge < -0.3 is 19.4 Å². The van der Waals surface area contributed by atoms with E-state index < -0.39 is 0 Å².